The van der Waals surface area contributed by atoms with Crippen LogP contribution in [-0.2, 0) is 17.6 Å². The number of fused-ring (bicyclic) bond motifs is 1. The molecule has 8 nitrogen and oxygen atoms in total. The third-order valence-corrected chi connectivity index (χ3v) is 5.87. The maximum atomic E-state index is 12.7. The standard InChI is InChI=1S/C27H29N3O5/c1-17-4-3-5-18(2)24(17)26(31)30-22(27(32)33)16-19-6-9-21(10-7-19)34-14-12-20-8-11-23-25(29-20)28-13-15-35-23/h3-11,22H,12-16H2,1-2H3,(H,28,29)(H,30,31)(H,32,33)/t22-/m0/s1. The van der Waals surface area contributed by atoms with Crippen LogP contribution in [0, 0.1) is 13.8 Å². The SMILES string of the molecule is Cc1cccc(C)c1C(=O)N[C@@H](Cc1ccc(OCCc2ccc3c(n2)NCCO3)cc1)C(=O)O. The molecule has 8 heteroatoms. The van der Waals surface area contributed by atoms with Crippen LogP contribution in [0.3, 0.4) is 0 Å². The van der Waals surface area contributed by atoms with E-state index in [0.717, 1.165) is 40.5 Å². The van der Waals surface area contributed by atoms with Crippen molar-refractivity contribution in [3.63, 3.8) is 0 Å². The van der Waals surface area contributed by atoms with Crippen molar-refractivity contribution in [3.8, 4) is 11.5 Å². The monoisotopic (exact) mass is 475 g/mol. The van der Waals surface area contributed by atoms with Crippen LogP contribution < -0.4 is 20.1 Å². The first-order valence-corrected chi connectivity index (χ1v) is 11.6. The molecule has 1 aliphatic rings. The summed E-state index contributed by atoms with van der Waals surface area (Å²) >= 11 is 0. The first kappa shape index (κ1) is 24.1. The van der Waals surface area contributed by atoms with E-state index in [9.17, 15) is 14.7 Å². The van der Waals surface area contributed by atoms with E-state index in [4.69, 9.17) is 9.47 Å². The molecule has 35 heavy (non-hydrogen) atoms. The highest BCUT2D eigenvalue weighted by atomic mass is 16.5. The van der Waals surface area contributed by atoms with Crippen LogP contribution in [0.5, 0.6) is 11.5 Å². The van der Waals surface area contributed by atoms with Gasteiger partial charge in [0.25, 0.3) is 5.91 Å². The highest BCUT2D eigenvalue weighted by molar-refractivity contribution is 5.99. The molecule has 1 aromatic heterocycles. The van der Waals surface area contributed by atoms with E-state index in [1.54, 1.807) is 12.1 Å². The molecule has 2 heterocycles. The summed E-state index contributed by atoms with van der Waals surface area (Å²) in [7, 11) is 0. The minimum absolute atomic E-state index is 0.167. The summed E-state index contributed by atoms with van der Waals surface area (Å²) in [6.45, 7) is 5.51. The smallest absolute Gasteiger partial charge is 0.326 e. The summed E-state index contributed by atoms with van der Waals surface area (Å²) in [6.07, 6.45) is 0.808. The summed E-state index contributed by atoms with van der Waals surface area (Å²) < 4.78 is 11.4. The normalized spacial score (nSPS) is 13.1. The maximum absolute atomic E-state index is 12.7. The highest BCUT2D eigenvalue weighted by Gasteiger charge is 2.23. The maximum Gasteiger partial charge on any atom is 0.326 e. The Labute approximate surface area is 204 Å². The van der Waals surface area contributed by atoms with E-state index in [1.807, 2.05) is 56.3 Å². The Kier molecular flexibility index (Phi) is 7.50. The zero-order valence-corrected chi connectivity index (χ0v) is 19.8. The number of pyridine rings is 1. The molecule has 2 aromatic carbocycles. The van der Waals surface area contributed by atoms with Crippen molar-refractivity contribution in [2.45, 2.75) is 32.7 Å². The second-order valence-electron chi connectivity index (χ2n) is 8.50. The van der Waals surface area contributed by atoms with Crippen LogP contribution in [0.2, 0.25) is 0 Å². The Morgan fingerprint density at radius 1 is 1.11 bits per heavy atom. The molecule has 1 atom stereocenters. The average Bonchev–Trinajstić information content (AvgIpc) is 2.84. The van der Waals surface area contributed by atoms with Gasteiger partial charge in [0.15, 0.2) is 11.6 Å². The molecule has 0 radical (unpaired) electrons. The number of benzene rings is 2. The molecule has 0 aliphatic carbocycles. The van der Waals surface area contributed by atoms with E-state index in [1.165, 1.54) is 0 Å². The van der Waals surface area contributed by atoms with E-state index >= 15 is 0 Å². The fraction of sp³-hybridized carbons (Fsp3) is 0.296. The molecular formula is C27H29N3O5. The lowest BCUT2D eigenvalue weighted by Crippen LogP contribution is -2.42. The Balaban J connectivity index is 1.31. The Hall–Kier alpha value is -4.07. The number of hydrogen-bond acceptors (Lipinski definition) is 6. The molecule has 0 saturated heterocycles. The lowest BCUT2D eigenvalue weighted by molar-refractivity contribution is -0.139. The van der Waals surface area contributed by atoms with Gasteiger partial charge in [-0.15, -0.1) is 0 Å². The van der Waals surface area contributed by atoms with E-state index in [2.05, 4.69) is 15.6 Å². The number of carboxylic acids is 1. The quantitative estimate of drug-likeness (QED) is 0.434. The highest BCUT2D eigenvalue weighted by Crippen LogP contribution is 2.25. The predicted molar refractivity (Wildman–Crippen MR) is 132 cm³/mol. The van der Waals surface area contributed by atoms with Crippen LogP contribution in [0.25, 0.3) is 0 Å². The number of hydrogen-bond donors (Lipinski definition) is 3. The number of nitrogens with one attached hydrogen (secondary N) is 2. The first-order chi connectivity index (χ1) is 16.9. The fourth-order valence-corrected chi connectivity index (χ4v) is 4.03. The van der Waals surface area contributed by atoms with Crippen molar-refractivity contribution in [2.24, 2.45) is 0 Å². The molecule has 0 fully saturated rings. The number of aromatic nitrogens is 1. The van der Waals surface area contributed by atoms with Gasteiger partial charge in [-0.25, -0.2) is 9.78 Å². The molecule has 0 unspecified atom stereocenters. The molecule has 0 spiro atoms. The third-order valence-electron chi connectivity index (χ3n) is 5.87. The number of carbonyl (C=O) groups is 2. The first-order valence-electron chi connectivity index (χ1n) is 11.6. The zero-order chi connectivity index (χ0) is 24.8. The van der Waals surface area contributed by atoms with Crippen molar-refractivity contribution in [2.75, 3.05) is 25.1 Å². The molecule has 3 N–H and O–H groups in total. The number of rotatable bonds is 9. The van der Waals surface area contributed by atoms with Crippen molar-refractivity contribution in [3.05, 3.63) is 82.5 Å². The largest absolute Gasteiger partial charge is 0.493 e. The summed E-state index contributed by atoms with van der Waals surface area (Å²) in [5.41, 5.74) is 3.82. The number of nitrogens with zero attached hydrogens (tertiary/aromatic N) is 1. The molecule has 1 amide bonds. The third kappa shape index (κ3) is 6.09. The van der Waals surface area contributed by atoms with Gasteiger partial charge in [0.05, 0.1) is 13.2 Å². The number of ether oxygens (including phenoxy) is 2. The van der Waals surface area contributed by atoms with Crippen LogP contribution >= 0.6 is 0 Å². The average molecular weight is 476 g/mol. The minimum atomic E-state index is -1.08. The van der Waals surface area contributed by atoms with Crippen molar-refractivity contribution < 1.29 is 24.2 Å². The number of aliphatic carboxylic acids is 1. The van der Waals surface area contributed by atoms with E-state index in [-0.39, 0.29) is 12.3 Å². The van der Waals surface area contributed by atoms with E-state index < -0.39 is 12.0 Å². The number of carbonyl (C=O) groups excluding carboxylic acids is 1. The Morgan fingerprint density at radius 2 is 1.86 bits per heavy atom. The molecule has 182 valence electrons. The van der Waals surface area contributed by atoms with Crippen LogP contribution in [0.15, 0.2) is 54.6 Å². The van der Waals surface area contributed by atoms with Gasteiger partial charge in [-0.05, 0) is 54.8 Å². The van der Waals surface area contributed by atoms with Gasteiger partial charge >= 0.3 is 5.97 Å². The van der Waals surface area contributed by atoms with Gasteiger partial charge in [0.2, 0.25) is 0 Å². The van der Waals surface area contributed by atoms with Crippen LogP contribution in [0.4, 0.5) is 5.82 Å². The Morgan fingerprint density at radius 3 is 2.57 bits per heavy atom. The number of carboxylic acid groups (broad SMARTS) is 1. The summed E-state index contributed by atoms with van der Waals surface area (Å²) in [6, 6.07) is 15.6. The lowest BCUT2D eigenvalue weighted by Gasteiger charge is -2.18. The van der Waals surface area contributed by atoms with Crippen LogP contribution in [0.1, 0.15) is 32.7 Å². The predicted octanol–water partition coefficient (Wildman–Crippen LogP) is 3.55. The second-order valence-corrected chi connectivity index (χ2v) is 8.50. The molecule has 0 saturated carbocycles. The number of aryl methyl sites for hydroxylation is 2. The summed E-state index contributed by atoms with van der Waals surface area (Å²) in [4.78, 5) is 29.1. The molecular weight excluding hydrogens is 446 g/mol. The van der Waals surface area contributed by atoms with Gasteiger partial charge < -0.3 is 25.2 Å². The van der Waals surface area contributed by atoms with E-state index in [0.29, 0.717) is 30.9 Å². The molecule has 3 aromatic rings. The summed E-state index contributed by atoms with van der Waals surface area (Å²) in [5, 5.41) is 15.5. The summed E-state index contributed by atoms with van der Waals surface area (Å²) in [5.74, 6) is 0.740. The minimum Gasteiger partial charge on any atom is -0.493 e. The zero-order valence-electron chi connectivity index (χ0n) is 19.8. The Bertz CT molecular complexity index is 1190. The molecule has 4 rings (SSSR count). The van der Waals surface area contributed by atoms with Gasteiger partial charge in [-0.2, -0.15) is 0 Å². The van der Waals surface area contributed by atoms with Crippen molar-refractivity contribution in [1.82, 2.24) is 10.3 Å². The van der Waals surface area contributed by atoms with Crippen LogP contribution in [-0.4, -0.2) is 47.8 Å². The molecule has 1 aliphatic heterocycles. The molecule has 0 bridgehead atoms. The van der Waals surface area contributed by atoms with Gasteiger partial charge in [-0.1, -0.05) is 30.3 Å². The van der Waals surface area contributed by atoms with Gasteiger partial charge in [0.1, 0.15) is 18.4 Å². The van der Waals surface area contributed by atoms with Crippen molar-refractivity contribution >= 4 is 17.7 Å². The van der Waals surface area contributed by atoms with Crippen molar-refractivity contribution in [1.29, 1.82) is 0 Å². The van der Waals surface area contributed by atoms with Gasteiger partial charge in [-0.3, -0.25) is 4.79 Å². The number of amides is 1. The number of anilines is 1. The topological polar surface area (TPSA) is 110 Å². The fourth-order valence-electron chi connectivity index (χ4n) is 4.03. The lowest BCUT2D eigenvalue weighted by atomic mass is 10.0. The van der Waals surface area contributed by atoms with Gasteiger partial charge in [0, 0.05) is 24.1 Å². The second kappa shape index (κ2) is 10.9.